The van der Waals surface area contributed by atoms with Gasteiger partial charge >= 0.3 is 0 Å². The van der Waals surface area contributed by atoms with E-state index in [9.17, 15) is 4.39 Å². The van der Waals surface area contributed by atoms with Gasteiger partial charge in [-0.2, -0.15) is 4.98 Å². The van der Waals surface area contributed by atoms with Crippen LogP contribution in [0.3, 0.4) is 0 Å². The van der Waals surface area contributed by atoms with Gasteiger partial charge in [-0.3, -0.25) is 0 Å². The average Bonchev–Trinajstić information content (AvgIpc) is 2.70. The second kappa shape index (κ2) is 9.14. The summed E-state index contributed by atoms with van der Waals surface area (Å²) in [7, 11) is 5.69. The van der Waals surface area contributed by atoms with Crippen LogP contribution in [0.5, 0.6) is 17.4 Å². The van der Waals surface area contributed by atoms with Gasteiger partial charge in [0.05, 0.1) is 13.2 Å². The minimum atomic E-state index is -0.314. The van der Waals surface area contributed by atoms with Gasteiger partial charge in [0.25, 0.3) is 0 Å². The Morgan fingerprint density at radius 2 is 1.68 bits per heavy atom. The highest BCUT2D eigenvalue weighted by Gasteiger charge is 2.15. The van der Waals surface area contributed by atoms with Gasteiger partial charge in [0.1, 0.15) is 17.3 Å². The topological polar surface area (TPSA) is 59.5 Å². The Bertz CT molecular complexity index is 886. The largest absolute Gasteiger partial charge is 0.497 e. The zero-order valence-corrected chi connectivity index (χ0v) is 16.1. The van der Waals surface area contributed by atoms with Crippen LogP contribution in [-0.2, 0) is 0 Å². The number of benzene rings is 2. The molecule has 1 N–H and O–H groups in total. The average molecular weight is 382 g/mol. The van der Waals surface area contributed by atoms with Gasteiger partial charge in [0.15, 0.2) is 0 Å². The zero-order valence-electron chi connectivity index (χ0n) is 16.1. The van der Waals surface area contributed by atoms with Crippen molar-refractivity contribution >= 4 is 5.95 Å². The lowest BCUT2D eigenvalue weighted by Gasteiger charge is -2.25. The van der Waals surface area contributed by atoms with Crippen LogP contribution in [0.25, 0.3) is 0 Å². The number of halogens is 1. The monoisotopic (exact) mass is 382 g/mol. The maximum atomic E-state index is 13.0. The number of rotatable bonds is 8. The van der Waals surface area contributed by atoms with Crippen LogP contribution in [0.1, 0.15) is 11.6 Å². The molecule has 1 aromatic heterocycles. The van der Waals surface area contributed by atoms with E-state index in [1.807, 2.05) is 38.4 Å². The van der Waals surface area contributed by atoms with Gasteiger partial charge in [0, 0.05) is 18.8 Å². The molecule has 28 heavy (non-hydrogen) atoms. The van der Waals surface area contributed by atoms with E-state index in [-0.39, 0.29) is 11.9 Å². The fourth-order valence-corrected chi connectivity index (χ4v) is 2.72. The lowest BCUT2D eigenvalue weighted by Crippen LogP contribution is -2.27. The molecule has 0 spiro atoms. The first-order chi connectivity index (χ1) is 13.5. The highest BCUT2D eigenvalue weighted by atomic mass is 19.1. The van der Waals surface area contributed by atoms with E-state index in [2.05, 4.69) is 20.2 Å². The number of likely N-dealkylation sites (N-methyl/N-ethyl adjacent to an activating group) is 1. The standard InChI is InChI=1S/C21H23FN4O2/c1-26(2)19(15-4-8-17(27-3)9-5-15)14-24-21-23-13-12-20(25-21)28-18-10-6-16(22)7-11-18/h4-13,19H,14H2,1-3H3,(H,23,24,25). The number of anilines is 1. The summed E-state index contributed by atoms with van der Waals surface area (Å²) in [4.78, 5) is 10.7. The maximum absolute atomic E-state index is 13.0. The van der Waals surface area contributed by atoms with Gasteiger partial charge in [-0.05, 0) is 56.1 Å². The molecule has 0 bridgehead atoms. The first kappa shape index (κ1) is 19.6. The summed E-state index contributed by atoms with van der Waals surface area (Å²) >= 11 is 0. The fraction of sp³-hybridized carbons (Fsp3) is 0.238. The minimum absolute atomic E-state index is 0.121. The molecule has 0 aliphatic carbocycles. The second-order valence-corrected chi connectivity index (χ2v) is 6.41. The van der Waals surface area contributed by atoms with Gasteiger partial charge in [0.2, 0.25) is 11.8 Å². The lowest BCUT2D eigenvalue weighted by molar-refractivity contribution is 0.311. The molecule has 1 atom stereocenters. The Morgan fingerprint density at radius 3 is 2.32 bits per heavy atom. The number of methoxy groups -OCH3 is 1. The van der Waals surface area contributed by atoms with Crippen molar-refractivity contribution in [3.63, 3.8) is 0 Å². The van der Waals surface area contributed by atoms with Gasteiger partial charge in [-0.25, -0.2) is 9.37 Å². The Hall–Kier alpha value is -3.19. The molecule has 146 valence electrons. The third kappa shape index (κ3) is 5.17. The Labute approximate surface area is 164 Å². The maximum Gasteiger partial charge on any atom is 0.226 e. The highest BCUT2D eigenvalue weighted by molar-refractivity contribution is 5.34. The molecule has 3 rings (SSSR count). The molecule has 0 saturated heterocycles. The van der Waals surface area contributed by atoms with Crippen LogP contribution >= 0.6 is 0 Å². The van der Waals surface area contributed by atoms with E-state index in [0.29, 0.717) is 24.1 Å². The van der Waals surface area contributed by atoms with Crippen molar-refractivity contribution in [2.24, 2.45) is 0 Å². The summed E-state index contributed by atoms with van der Waals surface area (Å²) < 4.78 is 23.9. The molecule has 0 fully saturated rings. The normalized spacial score (nSPS) is 11.9. The minimum Gasteiger partial charge on any atom is -0.497 e. The summed E-state index contributed by atoms with van der Waals surface area (Å²) in [6.45, 7) is 0.610. The first-order valence-electron chi connectivity index (χ1n) is 8.86. The molecule has 3 aromatic rings. The molecule has 0 radical (unpaired) electrons. The van der Waals surface area contributed by atoms with Crippen LogP contribution in [0.4, 0.5) is 10.3 Å². The molecule has 6 nitrogen and oxygen atoms in total. The van der Waals surface area contributed by atoms with E-state index in [1.54, 1.807) is 31.5 Å². The molecule has 0 saturated carbocycles. The van der Waals surface area contributed by atoms with Crippen LogP contribution in [0, 0.1) is 5.82 Å². The van der Waals surface area contributed by atoms with E-state index < -0.39 is 0 Å². The summed E-state index contributed by atoms with van der Waals surface area (Å²) in [6.07, 6.45) is 1.62. The first-order valence-corrected chi connectivity index (χ1v) is 8.86. The third-order valence-corrected chi connectivity index (χ3v) is 4.24. The van der Waals surface area contributed by atoms with E-state index in [0.717, 1.165) is 11.3 Å². The second-order valence-electron chi connectivity index (χ2n) is 6.41. The molecule has 1 unspecified atom stereocenters. The Morgan fingerprint density at radius 1 is 1.00 bits per heavy atom. The predicted molar refractivity (Wildman–Crippen MR) is 106 cm³/mol. The van der Waals surface area contributed by atoms with Crippen molar-refractivity contribution < 1.29 is 13.9 Å². The predicted octanol–water partition coefficient (Wildman–Crippen LogP) is 4.13. The number of nitrogens with zero attached hydrogens (tertiary/aromatic N) is 3. The van der Waals surface area contributed by atoms with Gasteiger partial charge < -0.3 is 19.7 Å². The zero-order chi connectivity index (χ0) is 19.9. The molecule has 0 aliphatic heterocycles. The SMILES string of the molecule is COc1ccc(C(CNc2nccc(Oc3ccc(F)cc3)n2)N(C)C)cc1. The number of ether oxygens (including phenoxy) is 2. The molecular weight excluding hydrogens is 359 g/mol. The number of aromatic nitrogens is 2. The van der Waals surface area contributed by atoms with Crippen molar-refractivity contribution in [3.05, 3.63) is 72.2 Å². The number of nitrogens with one attached hydrogen (secondary N) is 1. The van der Waals surface area contributed by atoms with E-state index in [4.69, 9.17) is 9.47 Å². The molecule has 1 heterocycles. The molecule has 2 aromatic carbocycles. The van der Waals surface area contributed by atoms with Crippen LogP contribution in [0.15, 0.2) is 60.8 Å². The third-order valence-electron chi connectivity index (χ3n) is 4.24. The number of hydrogen-bond donors (Lipinski definition) is 1. The van der Waals surface area contributed by atoms with Crippen molar-refractivity contribution in [1.82, 2.24) is 14.9 Å². The summed E-state index contributed by atoms with van der Waals surface area (Å²) in [5, 5.41) is 3.25. The van der Waals surface area contributed by atoms with Gasteiger partial charge in [-0.15, -0.1) is 0 Å². The lowest BCUT2D eigenvalue weighted by atomic mass is 10.1. The molecule has 0 aliphatic rings. The van der Waals surface area contributed by atoms with Gasteiger partial charge in [-0.1, -0.05) is 12.1 Å². The molecule has 0 amide bonds. The summed E-state index contributed by atoms with van der Waals surface area (Å²) in [5.41, 5.74) is 1.15. The summed E-state index contributed by atoms with van der Waals surface area (Å²) in [6, 6.07) is 15.5. The van der Waals surface area contributed by atoms with E-state index in [1.165, 1.54) is 12.1 Å². The Balaban J connectivity index is 1.67. The highest BCUT2D eigenvalue weighted by Crippen LogP contribution is 2.23. The summed E-state index contributed by atoms with van der Waals surface area (Å²) in [5.74, 6) is 1.86. The molecule has 7 heteroatoms. The van der Waals surface area contributed by atoms with Crippen molar-refractivity contribution in [2.75, 3.05) is 33.1 Å². The molecular formula is C21H23FN4O2. The van der Waals surface area contributed by atoms with Crippen molar-refractivity contribution in [3.8, 4) is 17.4 Å². The van der Waals surface area contributed by atoms with Crippen LogP contribution in [-0.4, -0.2) is 42.6 Å². The van der Waals surface area contributed by atoms with Crippen LogP contribution in [0.2, 0.25) is 0 Å². The van der Waals surface area contributed by atoms with E-state index >= 15 is 0 Å². The smallest absolute Gasteiger partial charge is 0.226 e. The quantitative estimate of drug-likeness (QED) is 0.632. The van der Waals surface area contributed by atoms with Crippen molar-refractivity contribution in [2.45, 2.75) is 6.04 Å². The fourth-order valence-electron chi connectivity index (χ4n) is 2.72. The Kier molecular flexibility index (Phi) is 6.39. The van der Waals surface area contributed by atoms with Crippen molar-refractivity contribution in [1.29, 1.82) is 0 Å². The van der Waals surface area contributed by atoms with Crippen LogP contribution < -0.4 is 14.8 Å². The number of hydrogen-bond acceptors (Lipinski definition) is 6.